The Hall–Kier alpha value is -4.00. The van der Waals surface area contributed by atoms with E-state index < -0.39 is 18.1 Å². The molecule has 0 unspecified atom stereocenters. The average Bonchev–Trinajstić information content (AvgIpc) is 3.08. The normalized spacial score (nSPS) is 13.2. The number of hydrogen-bond acceptors (Lipinski definition) is 5. The first-order valence-electron chi connectivity index (χ1n) is 9.79. The second-order valence-corrected chi connectivity index (χ2v) is 7.39. The molecule has 3 aromatic rings. The summed E-state index contributed by atoms with van der Waals surface area (Å²) in [6, 6.07) is 18.6. The Morgan fingerprint density at radius 1 is 0.903 bits per heavy atom. The maximum Gasteiger partial charge on any atom is 0.407 e. The van der Waals surface area contributed by atoms with Gasteiger partial charge in [0.05, 0.1) is 0 Å². The van der Waals surface area contributed by atoms with E-state index in [4.69, 9.17) is 4.74 Å². The third-order valence-electron chi connectivity index (χ3n) is 5.41. The van der Waals surface area contributed by atoms with Gasteiger partial charge in [0.2, 0.25) is 0 Å². The first kappa shape index (κ1) is 20.3. The number of hydrogen-bond donors (Lipinski definition) is 4. The van der Waals surface area contributed by atoms with Crippen LogP contribution in [0.25, 0.3) is 11.1 Å². The van der Waals surface area contributed by atoms with E-state index in [1.165, 1.54) is 18.2 Å². The van der Waals surface area contributed by atoms with Gasteiger partial charge >= 0.3 is 12.1 Å². The minimum atomic E-state index is -1.25. The molecule has 0 aliphatic heterocycles. The SMILES string of the molecule is O=C(N[C@H](Cc1ccc(O)c(O)c1)C(=O)O)OCC1c2ccccc2-c2ccccc21. The fourth-order valence-corrected chi connectivity index (χ4v) is 3.91. The van der Waals surface area contributed by atoms with Crippen molar-refractivity contribution in [2.75, 3.05) is 6.61 Å². The van der Waals surface area contributed by atoms with Crippen molar-refractivity contribution in [2.24, 2.45) is 0 Å². The van der Waals surface area contributed by atoms with Crippen molar-refractivity contribution in [3.05, 3.63) is 83.4 Å². The molecule has 0 fully saturated rings. The van der Waals surface area contributed by atoms with E-state index in [0.29, 0.717) is 5.56 Å². The molecule has 158 valence electrons. The van der Waals surface area contributed by atoms with Crippen molar-refractivity contribution < 1.29 is 29.6 Å². The van der Waals surface area contributed by atoms with E-state index in [2.05, 4.69) is 5.32 Å². The Bertz CT molecular complexity index is 1100. The summed E-state index contributed by atoms with van der Waals surface area (Å²) in [5.41, 5.74) is 4.77. The summed E-state index contributed by atoms with van der Waals surface area (Å²) in [6.45, 7) is 0.0756. The quantitative estimate of drug-likeness (QED) is 0.454. The number of phenolic OH excluding ortho intramolecular Hbond substituents is 2. The van der Waals surface area contributed by atoms with Crippen molar-refractivity contribution in [3.63, 3.8) is 0 Å². The lowest BCUT2D eigenvalue weighted by Gasteiger charge is -2.17. The summed E-state index contributed by atoms with van der Waals surface area (Å²) in [7, 11) is 0. The summed E-state index contributed by atoms with van der Waals surface area (Å²) >= 11 is 0. The number of benzene rings is 3. The summed E-state index contributed by atoms with van der Waals surface area (Å²) in [5, 5.41) is 30.8. The summed E-state index contributed by atoms with van der Waals surface area (Å²) in [6.07, 6.45) is -0.912. The number of nitrogens with one attached hydrogen (secondary N) is 1. The minimum absolute atomic E-state index is 0.0756. The van der Waals surface area contributed by atoms with Crippen LogP contribution in [0.4, 0.5) is 4.79 Å². The van der Waals surface area contributed by atoms with E-state index in [1.807, 2.05) is 48.5 Å². The lowest BCUT2D eigenvalue weighted by atomic mass is 9.98. The Balaban J connectivity index is 1.43. The Labute approximate surface area is 178 Å². The number of carboxylic acid groups (broad SMARTS) is 1. The van der Waals surface area contributed by atoms with Crippen LogP contribution in [0.2, 0.25) is 0 Å². The molecule has 31 heavy (non-hydrogen) atoms. The van der Waals surface area contributed by atoms with Crippen molar-refractivity contribution in [1.29, 1.82) is 0 Å². The largest absolute Gasteiger partial charge is 0.504 e. The van der Waals surface area contributed by atoms with Crippen LogP contribution in [-0.4, -0.2) is 40.0 Å². The molecule has 0 saturated carbocycles. The number of alkyl carbamates (subject to hydrolysis) is 1. The predicted molar refractivity (Wildman–Crippen MR) is 113 cm³/mol. The van der Waals surface area contributed by atoms with Crippen molar-refractivity contribution in [1.82, 2.24) is 5.32 Å². The smallest absolute Gasteiger partial charge is 0.407 e. The number of carbonyl (C=O) groups is 2. The molecule has 0 spiro atoms. The lowest BCUT2D eigenvalue weighted by Crippen LogP contribution is -2.42. The van der Waals surface area contributed by atoms with Crippen LogP contribution < -0.4 is 5.32 Å². The van der Waals surface area contributed by atoms with Gasteiger partial charge < -0.3 is 25.4 Å². The van der Waals surface area contributed by atoms with E-state index in [-0.39, 0.29) is 30.4 Å². The molecule has 0 saturated heterocycles. The maximum absolute atomic E-state index is 12.4. The third kappa shape index (κ3) is 4.16. The number of carbonyl (C=O) groups excluding carboxylic acids is 1. The second kappa shape index (κ2) is 8.39. The topological polar surface area (TPSA) is 116 Å². The van der Waals surface area contributed by atoms with E-state index >= 15 is 0 Å². The molecule has 0 radical (unpaired) electrons. The zero-order valence-electron chi connectivity index (χ0n) is 16.5. The molecule has 0 heterocycles. The molecule has 0 bridgehead atoms. The van der Waals surface area contributed by atoms with Crippen LogP contribution in [0.15, 0.2) is 66.7 Å². The number of aromatic hydroxyl groups is 2. The Kier molecular flexibility index (Phi) is 5.49. The highest BCUT2D eigenvalue weighted by molar-refractivity contribution is 5.81. The molecular weight excluding hydrogens is 398 g/mol. The molecule has 1 aliphatic rings. The number of carboxylic acids is 1. The number of amides is 1. The van der Waals surface area contributed by atoms with Crippen LogP contribution in [-0.2, 0) is 16.0 Å². The number of rotatable bonds is 6. The van der Waals surface area contributed by atoms with Gasteiger partial charge in [-0.15, -0.1) is 0 Å². The number of fused-ring (bicyclic) bond motifs is 3. The molecule has 1 amide bonds. The highest BCUT2D eigenvalue weighted by Gasteiger charge is 2.29. The fraction of sp³-hybridized carbons (Fsp3) is 0.167. The van der Waals surface area contributed by atoms with Crippen LogP contribution in [0.1, 0.15) is 22.6 Å². The predicted octanol–water partition coefficient (Wildman–Crippen LogP) is 3.63. The molecule has 1 aliphatic carbocycles. The van der Waals surface area contributed by atoms with Gasteiger partial charge in [-0.2, -0.15) is 0 Å². The standard InChI is InChI=1S/C24H21NO6/c26-21-10-9-14(12-22(21)27)11-20(23(28)29)25-24(30)31-13-19-17-7-3-1-5-15(17)16-6-2-4-8-18(16)19/h1-10,12,19-20,26-27H,11,13H2,(H,25,30)(H,28,29)/t20-/m1/s1. The summed E-state index contributed by atoms with van der Waals surface area (Å²) < 4.78 is 5.40. The first-order chi connectivity index (χ1) is 14.9. The second-order valence-electron chi connectivity index (χ2n) is 7.39. The molecule has 3 aromatic carbocycles. The van der Waals surface area contributed by atoms with Gasteiger partial charge in [0.25, 0.3) is 0 Å². The van der Waals surface area contributed by atoms with Gasteiger partial charge in [-0.05, 0) is 39.9 Å². The van der Waals surface area contributed by atoms with Gasteiger partial charge in [0.1, 0.15) is 12.6 Å². The zero-order chi connectivity index (χ0) is 22.0. The maximum atomic E-state index is 12.4. The van der Waals surface area contributed by atoms with E-state index in [1.54, 1.807) is 0 Å². The van der Waals surface area contributed by atoms with Crippen molar-refractivity contribution >= 4 is 12.1 Å². The van der Waals surface area contributed by atoms with Gasteiger partial charge in [-0.25, -0.2) is 9.59 Å². The Morgan fingerprint density at radius 3 is 2.10 bits per heavy atom. The van der Waals surface area contributed by atoms with Crippen LogP contribution in [0.3, 0.4) is 0 Å². The van der Waals surface area contributed by atoms with Gasteiger partial charge in [-0.1, -0.05) is 54.6 Å². The molecule has 7 heteroatoms. The molecular formula is C24H21NO6. The van der Waals surface area contributed by atoms with Crippen molar-refractivity contribution in [3.8, 4) is 22.6 Å². The monoisotopic (exact) mass is 419 g/mol. The van der Waals surface area contributed by atoms with E-state index in [0.717, 1.165) is 22.3 Å². The highest BCUT2D eigenvalue weighted by atomic mass is 16.5. The number of aliphatic carboxylic acids is 1. The van der Waals surface area contributed by atoms with Gasteiger partial charge in [0.15, 0.2) is 11.5 Å². The van der Waals surface area contributed by atoms with Crippen molar-refractivity contribution in [2.45, 2.75) is 18.4 Å². The highest BCUT2D eigenvalue weighted by Crippen LogP contribution is 2.44. The van der Waals surface area contributed by atoms with Crippen LogP contribution in [0, 0.1) is 0 Å². The minimum Gasteiger partial charge on any atom is -0.504 e. The average molecular weight is 419 g/mol. The van der Waals surface area contributed by atoms with Gasteiger partial charge in [-0.3, -0.25) is 0 Å². The summed E-state index contributed by atoms with van der Waals surface area (Å²) in [4.78, 5) is 24.0. The molecule has 4 N–H and O–H groups in total. The number of ether oxygens (including phenoxy) is 1. The third-order valence-corrected chi connectivity index (χ3v) is 5.41. The lowest BCUT2D eigenvalue weighted by molar-refractivity contribution is -0.139. The molecule has 0 aromatic heterocycles. The first-order valence-corrected chi connectivity index (χ1v) is 9.79. The van der Waals surface area contributed by atoms with Crippen LogP contribution >= 0.6 is 0 Å². The number of phenols is 2. The van der Waals surface area contributed by atoms with E-state index in [9.17, 15) is 24.9 Å². The molecule has 1 atom stereocenters. The molecule has 7 nitrogen and oxygen atoms in total. The van der Waals surface area contributed by atoms with Crippen LogP contribution in [0.5, 0.6) is 11.5 Å². The Morgan fingerprint density at radius 2 is 1.52 bits per heavy atom. The summed E-state index contributed by atoms with van der Waals surface area (Å²) in [5.74, 6) is -2.03. The fourth-order valence-electron chi connectivity index (χ4n) is 3.91. The molecule has 4 rings (SSSR count). The van der Waals surface area contributed by atoms with Gasteiger partial charge in [0, 0.05) is 12.3 Å². The zero-order valence-corrected chi connectivity index (χ0v) is 16.5.